The third kappa shape index (κ3) is 13.6. The molecule has 0 radical (unpaired) electrons. The van der Waals surface area contributed by atoms with Gasteiger partial charge in [0.05, 0.1) is 78.8 Å². The molecular formula is C49H62ClN15O5S3. The first kappa shape index (κ1) is 53.3. The molecule has 388 valence electrons. The standard InChI is InChI=1S/C18H23N5O2S.C15H15ClN4OS.C13H15N5OS.C3H9NO/c19-16-11-12(20-6-3-8-24)18-13(22-16)10-15(26-18)14-5-7-21-23(14)17-4-1-2-9-25-17;16-9-7-13(17)19-10-8-12(22-15(9)10)11-4-5-18-20(11)14-3-1-2-6-21-14;14-12-7-9(15-3-1-5-19)13-10(17-12)6-11(20-13)8-2-4-16-18-8;4-2-1-3-5/h5,7,10-11,17,24H,1-4,6,8-9H2,(H3,19,20,22);4-5,7-8,14H,1-3,6H2,(H2,17,19);2,4,6-7,19H,1,3,5H2,(H,16,18)(H3,14,15,17);5H,1-4H2. The number of aromatic amines is 1. The number of pyridine rings is 3. The highest BCUT2D eigenvalue weighted by molar-refractivity contribution is 7.23. The highest BCUT2D eigenvalue weighted by atomic mass is 35.5. The number of nitrogens with one attached hydrogen (secondary N) is 3. The molecule has 2 fully saturated rings. The average molecular weight is 1070 g/mol. The summed E-state index contributed by atoms with van der Waals surface area (Å²) in [6.45, 7) is 4.11. The van der Waals surface area contributed by atoms with Gasteiger partial charge in [-0.2, -0.15) is 15.3 Å². The van der Waals surface area contributed by atoms with Gasteiger partial charge in [0, 0.05) is 82.9 Å². The molecule has 20 nitrogen and oxygen atoms in total. The molecule has 0 aliphatic carbocycles. The first-order valence-corrected chi connectivity index (χ1v) is 27.1. The smallest absolute Gasteiger partial charge is 0.150 e. The number of ether oxygens (including phenoxy) is 2. The van der Waals surface area contributed by atoms with Crippen LogP contribution in [-0.2, 0) is 9.47 Å². The number of aromatic nitrogens is 9. The van der Waals surface area contributed by atoms with Crippen molar-refractivity contribution in [3.63, 3.8) is 0 Å². The predicted octanol–water partition coefficient (Wildman–Crippen LogP) is 8.72. The predicted molar refractivity (Wildman–Crippen MR) is 296 cm³/mol. The highest BCUT2D eigenvalue weighted by Crippen LogP contribution is 2.41. The molecular weight excluding hydrogens is 1010 g/mol. The summed E-state index contributed by atoms with van der Waals surface area (Å²) in [6.07, 6.45) is 14.0. The fourth-order valence-corrected chi connectivity index (χ4v) is 11.7. The molecule has 73 heavy (non-hydrogen) atoms. The number of hydrogen-bond donors (Lipinski definition) is 10. The molecule has 11 heterocycles. The van der Waals surface area contributed by atoms with Crippen molar-refractivity contribution in [2.45, 2.75) is 70.2 Å². The Bertz CT molecular complexity index is 3120. The van der Waals surface area contributed by atoms with Crippen LogP contribution in [0.5, 0.6) is 0 Å². The third-order valence-electron chi connectivity index (χ3n) is 11.6. The summed E-state index contributed by atoms with van der Waals surface area (Å²) in [7, 11) is 0. The maximum atomic E-state index is 9.00. The molecule has 9 aromatic heterocycles. The number of aliphatic hydroxyl groups excluding tert-OH is 3. The van der Waals surface area contributed by atoms with Gasteiger partial charge in [0.25, 0.3) is 0 Å². The van der Waals surface area contributed by atoms with Crippen LogP contribution in [-0.4, -0.2) is 113 Å². The fourth-order valence-electron chi connectivity index (χ4n) is 8.13. The van der Waals surface area contributed by atoms with Gasteiger partial charge in [-0.3, -0.25) is 5.10 Å². The highest BCUT2D eigenvalue weighted by Gasteiger charge is 2.23. The van der Waals surface area contributed by atoms with Crippen molar-refractivity contribution in [3.05, 3.63) is 78.2 Å². The zero-order valence-corrected chi connectivity index (χ0v) is 43.5. The van der Waals surface area contributed by atoms with Crippen molar-refractivity contribution >= 4 is 105 Å². The summed E-state index contributed by atoms with van der Waals surface area (Å²) in [4.78, 5) is 16.4. The molecule has 24 heteroatoms. The van der Waals surface area contributed by atoms with Gasteiger partial charge in [0.15, 0.2) is 12.5 Å². The van der Waals surface area contributed by atoms with Gasteiger partial charge in [-0.25, -0.2) is 24.3 Å². The lowest BCUT2D eigenvalue weighted by Gasteiger charge is -2.24. The Morgan fingerprint density at radius 2 is 1.10 bits per heavy atom. The molecule has 0 spiro atoms. The van der Waals surface area contributed by atoms with Gasteiger partial charge in [-0.15, -0.1) is 34.0 Å². The van der Waals surface area contributed by atoms with E-state index >= 15 is 0 Å². The van der Waals surface area contributed by atoms with Crippen molar-refractivity contribution in [1.29, 1.82) is 0 Å². The Morgan fingerprint density at radius 3 is 1.55 bits per heavy atom. The van der Waals surface area contributed by atoms with E-state index in [0.717, 1.165) is 125 Å². The molecule has 2 saturated heterocycles. The average Bonchev–Trinajstić information content (AvgIpc) is 4.26. The zero-order valence-electron chi connectivity index (χ0n) is 40.3. The van der Waals surface area contributed by atoms with Gasteiger partial charge >= 0.3 is 0 Å². The van der Waals surface area contributed by atoms with Gasteiger partial charge in [0.2, 0.25) is 0 Å². The number of rotatable bonds is 15. The van der Waals surface area contributed by atoms with E-state index in [0.29, 0.717) is 55.0 Å². The second-order valence-electron chi connectivity index (χ2n) is 17.0. The topological polar surface area (TPSA) is 310 Å². The fraction of sp³-hybridized carbons (Fsp3) is 0.388. The van der Waals surface area contributed by atoms with Crippen LogP contribution in [0, 0.1) is 0 Å². The third-order valence-corrected chi connectivity index (χ3v) is 15.5. The van der Waals surface area contributed by atoms with E-state index in [1.54, 1.807) is 52.5 Å². The van der Waals surface area contributed by atoms with Crippen LogP contribution in [0.4, 0.5) is 28.8 Å². The van der Waals surface area contributed by atoms with E-state index in [4.69, 9.17) is 59.3 Å². The van der Waals surface area contributed by atoms with Gasteiger partial charge < -0.3 is 58.4 Å². The maximum Gasteiger partial charge on any atom is 0.150 e. The van der Waals surface area contributed by atoms with Crippen LogP contribution in [0.25, 0.3) is 62.4 Å². The Balaban J connectivity index is 0.000000141. The molecule has 0 bridgehead atoms. The number of nitrogen functional groups attached to an aromatic ring is 3. The molecule has 9 aromatic rings. The quantitative estimate of drug-likeness (QED) is 0.0429. The summed E-state index contributed by atoms with van der Waals surface area (Å²) in [5.74, 6) is 1.40. The number of thiophene rings is 3. The first-order chi connectivity index (χ1) is 35.7. The van der Waals surface area contributed by atoms with Crippen molar-refractivity contribution in [2.75, 3.05) is 80.5 Å². The van der Waals surface area contributed by atoms with Crippen molar-refractivity contribution < 1.29 is 24.8 Å². The summed E-state index contributed by atoms with van der Waals surface area (Å²) in [5, 5.41) is 49.0. The number of hydrogen-bond acceptors (Lipinski definition) is 20. The Kier molecular flexibility index (Phi) is 19.2. The van der Waals surface area contributed by atoms with E-state index in [-0.39, 0.29) is 32.3 Å². The number of H-pyrrole nitrogens is 1. The lowest BCUT2D eigenvalue weighted by Crippen LogP contribution is -2.19. The molecule has 0 aromatic carbocycles. The second-order valence-corrected chi connectivity index (χ2v) is 20.6. The molecule has 11 rings (SSSR count). The SMILES string of the molecule is NCCCO.Nc1cc(Cl)c2sc(-c3ccnn3C3CCCCO3)cc2n1.Nc1cc(NCCCO)c2sc(-c3ccn[nH]3)cc2n1.Nc1cc(NCCCO)c2sc(-c3ccnn3C3CCCCO3)cc2n1. The van der Waals surface area contributed by atoms with Crippen LogP contribution in [0.1, 0.15) is 70.2 Å². The number of nitrogens with zero attached hydrogens (tertiary/aromatic N) is 8. The van der Waals surface area contributed by atoms with E-state index in [2.05, 4.69) is 52.0 Å². The van der Waals surface area contributed by atoms with Crippen molar-refractivity contribution in [3.8, 4) is 31.7 Å². The molecule has 2 aliphatic rings. The number of halogens is 1. The lowest BCUT2D eigenvalue weighted by molar-refractivity contribution is -0.0384. The zero-order chi connectivity index (χ0) is 51.1. The van der Waals surface area contributed by atoms with E-state index in [1.807, 2.05) is 58.0 Å². The van der Waals surface area contributed by atoms with Crippen molar-refractivity contribution in [2.24, 2.45) is 5.73 Å². The number of nitrogens with two attached hydrogens (primary N) is 4. The normalized spacial score (nSPS) is 15.6. The molecule has 14 N–H and O–H groups in total. The number of aliphatic hydroxyl groups is 3. The summed E-state index contributed by atoms with van der Waals surface area (Å²) >= 11 is 11.2. The second kappa shape index (κ2) is 26.3. The minimum Gasteiger partial charge on any atom is -0.396 e. The first-order valence-electron chi connectivity index (χ1n) is 24.2. The number of anilines is 5. The Labute approximate surface area is 438 Å². The maximum absolute atomic E-state index is 9.00. The van der Waals surface area contributed by atoms with Crippen LogP contribution in [0.2, 0.25) is 5.02 Å². The van der Waals surface area contributed by atoms with Crippen LogP contribution < -0.4 is 33.6 Å². The van der Waals surface area contributed by atoms with Gasteiger partial charge in [-0.05, 0) is 101 Å². The van der Waals surface area contributed by atoms with Crippen LogP contribution in [0.15, 0.2) is 73.2 Å². The Morgan fingerprint density at radius 1 is 0.616 bits per heavy atom. The minimum absolute atomic E-state index is 0.000796. The van der Waals surface area contributed by atoms with Crippen LogP contribution >= 0.6 is 45.6 Å². The summed E-state index contributed by atoms with van der Waals surface area (Å²) < 4.78 is 18.7. The Hall–Kier alpha value is -5.99. The summed E-state index contributed by atoms with van der Waals surface area (Å²) in [5.41, 5.74) is 30.1. The molecule has 2 atom stereocenters. The van der Waals surface area contributed by atoms with Gasteiger partial charge in [0.1, 0.15) is 17.5 Å². The van der Waals surface area contributed by atoms with E-state index < -0.39 is 0 Å². The summed E-state index contributed by atoms with van der Waals surface area (Å²) in [6, 6.07) is 17.4. The monoisotopic (exact) mass is 1070 g/mol. The van der Waals surface area contributed by atoms with E-state index in [9.17, 15) is 0 Å². The van der Waals surface area contributed by atoms with Gasteiger partial charge in [-0.1, -0.05) is 11.6 Å². The largest absolute Gasteiger partial charge is 0.396 e. The molecule has 2 unspecified atom stereocenters. The lowest BCUT2D eigenvalue weighted by atomic mass is 10.2. The molecule has 2 aliphatic heterocycles. The van der Waals surface area contributed by atoms with E-state index in [1.165, 1.54) is 6.42 Å². The van der Waals surface area contributed by atoms with Crippen molar-refractivity contribution in [1.82, 2.24) is 44.7 Å². The van der Waals surface area contributed by atoms with Crippen LogP contribution in [0.3, 0.4) is 0 Å². The molecule has 0 saturated carbocycles. The molecule has 0 amide bonds. The minimum atomic E-state index is -0.000796. The number of fused-ring (bicyclic) bond motifs is 3.